The lowest BCUT2D eigenvalue weighted by atomic mass is 9.72. The summed E-state index contributed by atoms with van der Waals surface area (Å²) in [5, 5.41) is 0. The van der Waals surface area contributed by atoms with Gasteiger partial charge in [0, 0.05) is 38.9 Å². The molecule has 5 heteroatoms. The Bertz CT molecular complexity index is 861. The maximum Gasteiger partial charge on any atom is 0.250 e. The van der Waals surface area contributed by atoms with Crippen molar-refractivity contribution in [1.29, 1.82) is 0 Å². The molecule has 1 atom stereocenters. The Labute approximate surface area is 153 Å². The summed E-state index contributed by atoms with van der Waals surface area (Å²) in [5.41, 5.74) is 1.88. The van der Waals surface area contributed by atoms with E-state index in [0.717, 1.165) is 51.1 Å². The summed E-state index contributed by atoms with van der Waals surface area (Å²) in [6, 6.07) is 13.8. The molecule has 2 aromatic rings. The lowest BCUT2D eigenvalue weighted by Crippen LogP contribution is -2.67. The SMILES string of the molecule is Cn1cc(N2C[C@]3(CCCN(CCc4ccccc4)C3)C2=O)ccc1=O. The van der Waals surface area contributed by atoms with Gasteiger partial charge in [-0.2, -0.15) is 0 Å². The Morgan fingerprint density at radius 3 is 2.58 bits per heavy atom. The highest BCUT2D eigenvalue weighted by molar-refractivity contribution is 6.04. The summed E-state index contributed by atoms with van der Waals surface area (Å²) in [5.74, 6) is 0.209. The van der Waals surface area contributed by atoms with Crippen LogP contribution in [0.4, 0.5) is 5.69 Å². The van der Waals surface area contributed by atoms with Crippen molar-refractivity contribution in [3.05, 3.63) is 64.6 Å². The molecule has 0 radical (unpaired) electrons. The number of aryl methyl sites for hydroxylation is 1. The van der Waals surface area contributed by atoms with Gasteiger partial charge < -0.3 is 14.4 Å². The zero-order valence-corrected chi connectivity index (χ0v) is 15.2. The first-order chi connectivity index (χ1) is 12.6. The zero-order chi connectivity index (χ0) is 18.1. The number of rotatable bonds is 4. The van der Waals surface area contributed by atoms with Crippen LogP contribution in [0.2, 0.25) is 0 Å². The maximum atomic E-state index is 13.0. The molecule has 0 unspecified atom stereocenters. The van der Waals surface area contributed by atoms with Crippen molar-refractivity contribution in [2.75, 3.05) is 31.1 Å². The highest BCUT2D eigenvalue weighted by Gasteiger charge is 2.54. The predicted molar refractivity (Wildman–Crippen MR) is 102 cm³/mol. The van der Waals surface area contributed by atoms with Crippen LogP contribution in [0, 0.1) is 5.41 Å². The number of piperidine rings is 1. The van der Waals surface area contributed by atoms with Gasteiger partial charge in [-0.1, -0.05) is 30.3 Å². The number of carbonyl (C=O) groups excluding carboxylic acids is 1. The predicted octanol–water partition coefficient (Wildman–Crippen LogP) is 2.06. The van der Waals surface area contributed by atoms with Gasteiger partial charge in [0.2, 0.25) is 11.5 Å². The Kier molecular flexibility index (Phi) is 4.41. The standard InChI is InChI=1S/C21H25N3O2/c1-22-14-18(8-9-19(22)25)24-16-21(20(24)26)11-5-12-23(15-21)13-10-17-6-3-2-4-7-17/h2-4,6-9,14H,5,10-13,15-16H2,1H3/t21-/m1/s1. The molecule has 1 amide bonds. The van der Waals surface area contributed by atoms with Crippen molar-refractivity contribution < 1.29 is 4.79 Å². The third-order valence-corrected chi connectivity index (χ3v) is 5.76. The van der Waals surface area contributed by atoms with Gasteiger partial charge in [-0.3, -0.25) is 9.59 Å². The van der Waals surface area contributed by atoms with E-state index in [4.69, 9.17) is 0 Å². The van der Waals surface area contributed by atoms with Crippen LogP contribution in [0.3, 0.4) is 0 Å². The summed E-state index contributed by atoms with van der Waals surface area (Å²) in [4.78, 5) is 28.8. The molecule has 2 fully saturated rings. The molecule has 136 valence electrons. The third kappa shape index (κ3) is 3.07. The normalized spacial score (nSPS) is 23.3. The molecular weight excluding hydrogens is 326 g/mol. The molecule has 4 rings (SSSR count). The first-order valence-corrected chi connectivity index (χ1v) is 9.32. The monoisotopic (exact) mass is 351 g/mol. The van der Waals surface area contributed by atoms with Gasteiger partial charge >= 0.3 is 0 Å². The van der Waals surface area contributed by atoms with Crippen LogP contribution in [0.1, 0.15) is 18.4 Å². The fourth-order valence-corrected chi connectivity index (χ4v) is 4.24. The van der Waals surface area contributed by atoms with Gasteiger partial charge in [-0.25, -0.2) is 0 Å². The van der Waals surface area contributed by atoms with E-state index in [1.165, 1.54) is 16.2 Å². The Balaban J connectivity index is 1.40. The lowest BCUT2D eigenvalue weighted by Gasteiger charge is -2.53. The summed E-state index contributed by atoms with van der Waals surface area (Å²) < 4.78 is 1.53. The Morgan fingerprint density at radius 2 is 1.85 bits per heavy atom. The molecule has 1 aromatic heterocycles. The summed E-state index contributed by atoms with van der Waals surface area (Å²) in [6.07, 6.45) is 4.82. The summed E-state index contributed by atoms with van der Waals surface area (Å²) in [6.45, 7) is 3.67. The number of anilines is 1. The van der Waals surface area contributed by atoms with E-state index in [1.807, 2.05) is 11.0 Å². The number of benzene rings is 1. The van der Waals surface area contributed by atoms with Crippen molar-refractivity contribution in [2.24, 2.45) is 12.5 Å². The fourth-order valence-electron chi connectivity index (χ4n) is 4.24. The second-order valence-corrected chi connectivity index (χ2v) is 7.62. The molecule has 1 aromatic carbocycles. The van der Waals surface area contributed by atoms with Crippen LogP contribution in [0.15, 0.2) is 53.5 Å². The highest BCUT2D eigenvalue weighted by Crippen LogP contribution is 2.42. The first-order valence-electron chi connectivity index (χ1n) is 9.32. The van der Waals surface area contributed by atoms with E-state index in [2.05, 4.69) is 29.2 Å². The number of aromatic nitrogens is 1. The Morgan fingerprint density at radius 1 is 1.04 bits per heavy atom. The number of pyridine rings is 1. The maximum absolute atomic E-state index is 13.0. The number of hydrogen-bond donors (Lipinski definition) is 0. The van der Waals surface area contributed by atoms with Crippen LogP contribution >= 0.6 is 0 Å². The molecule has 2 aliphatic rings. The van der Waals surface area contributed by atoms with Crippen molar-refractivity contribution >= 4 is 11.6 Å². The van der Waals surface area contributed by atoms with E-state index in [0.29, 0.717) is 0 Å². The van der Waals surface area contributed by atoms with Crippen molar-refractivity contribution in [3.63, 3.8) is 0 Å². The summed E-state index contributed by atoms with van der Waals surface area (Å²) >= 11 is 0. The molecule has 2 aliphatic heterocycles. The van der Waals surface area contributed by atoms with Crippen molar-refractivity contribution in [2.45, 2.75) is 19.3 Å². The average molecular weight is 351 g/mol. The lowest BCUT2D eigenvalue weighted by molar-refractivity contribution is -0.139. The molecule has 5 nitrogen and oxygen atoms in total. The molecule has 3 heterocycles. The largest absolute Gasteiger partial charge is 0.317 e. The van der Waals surface area contributed by atoms with Gasteiger partial charge in [0.15, 0.2) is 0 Å². The Hall–Kier alpha value is -2.40. The third-order valence-electron chi connectivity index (χ3n) is 5.76. The molecule has 0 saturated carbocycles. The molecule has 0 bridgehead atoms. The van der Waals surface area contributed by atoms with Crippen molar-refractivity contribution in [3.8, 4) is 0 Å². The van der Waals surface area contributed by atoms with Gasteiger partial charge in [0.1, 0.15) is 0 Å². The topological polar surface area (TPSA) is 45.5 Å². The van der Waals surface area contributed by atoms with Crippen LogP contribution in [-0.2, 0) is 18.3 Å². The molecule has 0 N–H and O–H groups in total. The quantitative estimate of drug-likeness (QED) is 0.792. The highest BCUT2D eigenvalue weighted by atomic mass is 16.2. The number of likely N-dealkylation sites (tertiary alicyclic amines) is 1. The minimum absolute atomic E-state index is 0.0545. The number of carbonyl (C=O) groups is 1. The van der Waals surface area contributed by atoms with E-state index in [-0.39, 0.29) is 16.9 Å². The van der Waals surface area contributed by atoms with E-state index < -0.39 is 0 Å². The number of amides is 1. The van der Waals surface area contributed by atoms with E-state index in [1.54, 1.807) is 19.3 Å². The molecule has 26 heavy (non-hydrogen) atoms. The second kappa shape index (κ2) is 6.72. The van der Waals surface area contributed by atoms with Crippen LogP contribution in [-0.4, -0.2) is 41.6 Å². The van der Waals surface area contributed by atoms with Gasteiger partial charge in [0.25, 0.3) is 0 Å². The summed E-state index contributed by atoms with van der Waals surface area (Å²) in [7, 11) is 1.72. The zero-order valence-electron chi connectivity index (χ0n) is 15.2. The van der Waals surface area contributed by atoms with Gasteiger partial charge in [-0.15, -0.1) is 0 Å². The van der Waals surface area contributed by atoms with Crippen molar-refractivity contribution in [1.82, 2.24) is 9.47 Å². The van der Waals surface area contributed by atoms with Crippen LogP contribution in [0.5, 0.6) is 0 Å². The number of nitrogens with zero attached hydrogens (tertiary/aromatic N) is 3. The van der Waals surface area contributed by atoms with Gasteiger partial charge in [0.05, 0.1) is 11.1 Å². The van der Waals surface area contributed by atoms with Crippen LogP contribution in [0.25, 0.3) is 0 Å². The average Bonchev–Trinajstić information content (AvgIpc) is 2.68. The minimum Gasteiger partial charge on any atom is -0.317 e. The fraction of sp³-hybridized carbons (Fsp3) is 0.429. The molecule has 0 aliphatic carbocycles. The van der Waals surface area contributed by atoms with Gasteiger partial charge in [-0.05, 0) is 37.4 Å². The number of hydrogen-bond acceptors (Lipinski definition) is 3. The second-order valence-electron chi connectivity index (χ2n) is 7.62. The smallest absolute Gasteiger partial charge is 0.250 e. The molecule has 1 spiro atoms. The van der Waals surface area contributed by atoms with Crippen LogP contribution < -0.4 is 10.5 Å². The first kappa shape index (κ1) is 17.0. The van der Waals surface area contributed by atoms with E-state index >= 15 is 0 Å². The molecular formula is C21H25N3O2. The van der Waals surface area contributed by atoms with E-state index in [9.17, 15) is 9.59 Å². The number of β-lactam (4-membered cyclic amide) rings is 1. The molecule has 2 saturated heterocycles. The minimum atomic E-state index is -0.232.